The molecule has 4 heteroatoms. The number of carboxylic acids is 1. The fourth-order valence-electron chi connectivity index (χ4n) is 2.19. The molecule has 1 N–H and O–H groups in total. The van der Waals surface area contributed by atoms with Crippen LogP contribution in [0.1, 0.15) is 19.8 Å². The Morgan fingerprint density at radius 3 is 2.81 bits per heavy atom. The molecular formula is C12H16N2O2. The number of carboxylic acid groups (broad SMARTS) is 1. The summed E-state index contributed by atoms with van der Waals surface area (Å²) in [5, 5.41) is 9.22. The highest BCUT2D eigenvalue weighted by atomic mass is 16.4. The first kappa shape index (κ1) is 10.9. The molecule has 1 aromatic rings. The van der Waals surface area contributed by atoms with E-state index in [1.54, 1.807) is 12.4 Å². The van der Waals surface area contributed by atoms with Crippen LogP contribution in [0.25, 0.3) is 0 Å². The van der Waals surface area contributed by atoms with Gasteiger partial charge in [-0.25, -0.2) is 0 Å². The van der Waals surface area contributed by atoms with Gasteiger partial charge in [0.1, 0.15) is 0 Å². The number of aromatic nitrogens is 1. The molecule has 0 amide bonds. The Bertz CT molecular complexity index is 380. The van der Waals surface area contributed by atoms with Crippen molar-refractivity contribution in [3.05, 3.63) is 24.5 Å². The lowest BCUT2D eigenvalue weighted by molar-refractivity contribution is -0.148. The van der Waals surface area contributed by atoms with Gasteiger partial charge in [0.05, 0.1) is 5.41 Å². The fourth-order valence-corrected chi connectivity index (χ4v) is 2.19. The van der Waals surface area contributed by atoms with E-state index in [4.69, 9.17) is 0 Å². The van der Waals surface area contributed by atoms with Crippen LogP contribution in [0, 0.1) is 5.41 Å². The van der Waals surface area contributed by atoms with Crippen LogP contribution in [0.5, 0.6) is 0 Å². The topological polar surface area (TPSA) is 53.4 Å². The molecule has 0 aromatic carbocycles. The zero-order valence-electron chi connectivity index (χ0n) is 9.39. The monoisotopic (exact) mass is 220 g/mol. The second-order valence-corrected chi connectivity index (χ2v) is 4.60. The maximum atomic E-state index is 11.2. The number of aliphatic carboxylic acids is 1. The first-order valence-electron chi connectivity index (χ1n) is 5.50. The number of piperidine rings is 1. The Hall–Kier alpha value is -1.58. The molecule has 0 aliphatic carbocycles. The Labute approximate surface area is 94.9 Å². The molecule has 0 spiro atoms. The Kier molecular flexibility index (Phi) is 2.81. The molecule has 0 radical (unpaired) electrons. The molecular weight excluding hydrogens is 204 g/mol. The highest BCUT2D eigenvalue weighted by Crippen LogP contribution is 2.32. The third kappa shape index (κ3) is 2.01. The van der Waals surface area contributed by atoms with Gasteiger partial charge in [0.25, 0.3) is 0 Å². The van der Waals surface area contributed by atoms with E-state index in [0.717, 1.165) is 25.1 Å². The van der Waals surface area contributed by atoms with Gasteiger partial charge in [-0.3, -0.25) is 9.78 Å². The van der Waals surface area contributed by atoms with Crippen molar-refractivity contribution in [1.82, 2.24) is 4.98 Å². The van der Waals surface area contributed by atoms with Crippen molar-refractivity contribution in [2.75, 3.05) is 18.0 Å². The largest absolute Gasteiger partial charge is 0.481 e. The van der Waals surface area contributed by atoms with E-state index in [-0.39, 0.29) is 0 Å². The minimum absolute atomic E-state index is 0.576. The van der Waals surface area contributed by atoms with Crippen LogP contribution in [0.15, 0.2) is 24.5 Å². The quantitative estimate of drug-likeness (QED) is 0.825. The zero-order valence-corrected chi connectivity index (χ0v) is 9.39. The highest BCUT2D eigenvalue weighted by Gasteiger charge is 2.37. The highest BCUT2D eigenvalue weighted by molar-refractivity contribution is 5.75. The van der Waals surface area contributed by atoms with Crippen LogP contribution in [-0.2, 0) is 4.79 Å². The summed E-state index contributed by atoms with van der Waals surface area (Å²) in [6.45, 7) is 3.32. The molecule has 0 bridgehead atoms. The van der Waals surface area contributed by atoms with E-state index in [0.29, 0.717) is 6.54 Å². The minimum Gasteiger partial charge on any atom is -0.481 e. The lowest BCUT2D eigenvalue weighted by Gasteiger charge is -2.38. The maximum absolute atomic E-state index is 11.2. The molecule has 4 nitrogen and oxygen atoms in total. The summed E-state index contributed by atoms with van der Waals surface area (Å²) in [6.07, 6.45) is 5.15. The predicted molar refractivity (Wildman–Crippen MR) is 61.4 cm³/mol. The van der Waals surface area contributed by atoms with Crippen LogP contribution in [0.4, 0.5) is 5.69 Å². The summed E-state index contributed by atoms with van der Waals surface area (Å²) in [5.41, 5.74) is 0.434. The average molecular weight is 220 g/mol. The smallest absolute Gasteiger partial charge is 0.311 e. The molecule has 1 saturated heterocycles. The van der Waals surface area contributed by atoms with Gasteiger partial charge in [0, 0.05) is 31.2 Å². The van der Waals surface area contributed by atoms with Crippen LogP contribution >= 0.6 is 0 Å². The van der Waals surface area contributed by atoms with Crippen molar-refractivity contribution >= 4 is 11.7 Å². The number of hydrogen-bond donors (Lipinski definition) is 1. The summed E-state index contributed by atoms with van der Waals surface area (Å²) in [6, 6.07) is 3.85. The molecule has 2 rings (SSSR count). The average Bonchev–Trinajstić information content (AvgIpc) is 2.30. The molecule has 1 unspecified atom stereocenters. The van der Waals surface area contributed by atoms with Gasteiger partial charge in [-0.2, -0.15) is 0 Å². The molecule has 2 heterocycles. The summed E-state index contributed by atoms with van der Waals surface area (Å²) in [7, 11) is 0. The lowest BCUT2D eigenvalue weighted by Crippen LogP contribution is -2.46. The number of hydrogen-bond acceptors (Lipinski definition) is 3. The van der Waals surface area contributed by atoms with Crippen molar-refractivity contribution in [3.8, 4) is 0 Å². The van der Waals surface area contributed by atoms with Gasteiger partial charge in [0.15, 0.2) is 0 Å². The fraction of sp³-hybridized carbons (Fsp3) is 0.500. The molecule has 1 atom stereocenters. The summed E-state index contributed by atoms with van der Waals surface area (Å²) in [5.74, 6) is -0.703. The SMILES string of the molecule is CC1(C(=O)O)CCCN(c2ccncc2)C1. The van der Waals surface area contributed by atoms with Crippen LogP contribution in [0.3, 0.4) is 0 Å². The minimum atomic E-state index is -0.703. The second kappa shape index (κ2) is 4.12. The number of carbonyl (C=O) groups is 1. The normalized spacial score (nSPS) is 25.4. The first-order valence-corrected chi connectivity index (χ1v) is 5.50. The second-order valence-electron chi connectivity index (χ2n) is 4.60. The van der Waals surface area contributed by atoms with E-state index >= 15 is 0 Å². The van der Waals surface area contributed by atoms with Gasteiger partial charge in [-0.1, -0.05) is 0 Å². The van der Waals surface area contributed by atoms with Gasteiger partial charge >= 0.3 is 5.97 Å². The number of rotatable bonds is 2. The van der Waals surface area contributed by atoms with Crippen molar-refractivity contribution in [2.24, 2.45) is 5.41 Å². The lowest BCUT2D eigenvalue weighted by atomic mass is 9.82. The van der Waals surface area contributed by atoms with E-state index in [1.165, 1.54) is 0 Å². The van der Waals surface area contributed by atoms with Crippen molar-refractivity contribution in [2.45, 2.75) is 19.8 Å². The third-order valence-corrected chi connectivity index (χ3v) is 3.24. The van der Waals surface area contributed by atoms with E-state index < -0.39 is 11.4 Å². The molecule has 16 heavy (non-hydrogen) atoms. The number of pyridine rings is 1. The van der Waals surface area contributed by atoms with E-state index in [1.807, 2.05) is 19.1 Å². The van der Waals surface area contributed by atoms with Gasteiger partial charge in [-0.15, -0.1) is 0 Å². The van der Waals surface area contributed by atoms with Gasteiger partial charge < -0.3 is 10.0 Å². The van der Waals surface area contributed by atoms with Crippen molar-refractivity contribution in [3.63, 3.8) is 0 Å². The molecule has 1 aliphatic rings. The Morgan fingerprint density at radius 2 is 2.19 bits per heavy atom. The van der Waals surface area contributed by atoms with Crippen molar-refractivity contribution < 1.29 is 9.90 Å². The van der Waals surface area contributed by atoms with Crippen LogP contribution < -0.4 is 4.90 Å². The first-order chi connectivity index (χ1) is 7.62. The molecule has 1 fully saturated rings. The standard InChI is InChI=1S/C12H16N2O2/c1-12(11(15)16)5-2-8-14(9-12)10-3-6-13-7-4-10/h3-4,6-7H,2,5,8-9H2,1H3,(H,15,16). The number of nitrogens with zero attached hydrogens (tertiary/aromatic N) is 2. The van der Waals surface area contributed by atoms with Crippen LogP contribution in [0.2, 0.25) is 0 Å². The third-order valence-electron chi connectivity index (χ3n) is 3.24. The summed E-state index contributed by atoms with van der Waals surface area (Å²) >= 11 is 0. The zero-order chi connectivity index (χ0) is 11.6. The maximum Gasteiger partial charge on any atom is 0.311 e. The summed E-state index contributed by atoms with van der Waals surface area (Å²) < 4.78 is 0. The van der Waals surface area contributed by atoms with E-state index in [2.05, 4.69) is 9.88 Å². The Morgan fingerprint density at radius 1 is 1.50 bits per heavy atom. The van der Waals surface area contributed by atoms with Gasteiger partial charge in [0.2, 0.25) is 0 Å². The molecule has 1 aliphatic heterocycles. The summed E-state index contributed by atoms with van der Waals surface area (Å²) in [4.78, 5) is 17.3. The predicted octanol–water partition coefficient (Wildman–Crippen LogP) is 1.77. The van der Waals surface area contributed by atoms with Crippen molar-refractivity contribution in [1.29, 1.82) is 0 Å². The number of anilines is 1. The molecule has 0 saturated carbocycles. The van der Waals surface area contributed by atoms with Gasteiger partial charge in [-0.05, 0) is 31.9 Å². The molecule has 86 valence electrons. The van der Waals surface area contributed by atoms with E-state index in [9.17, 15) is 9.90 Å². The molecule has 1 aromatic heterocycles. The van der Waals surface area contributed by atoms with Crippen LogP contribution in [-0.4, -0.2) is 29.1 Å². The Balaban J connectivity index is 2.17.